The summed E-state index contributed by atoms with van der Waals surface area (Å²) in [5.41, 5.74) is 7.62. The van der Waals surface area contributed by atoms with Gasteiger partial charge in [0.25, 0.3) is 0 Å². The van der Waals surface area contributed by atoms with Crippen molar-refractivity contribution in [3.8, 4) is 0 Å². The number of rotatable bonds is 5. The van der Waals surface area contributed by atoms with Gasteiger partial charge in [0.05, 0.1) is 6.04 Å². The first kappa shape index (κ1) is 11.7. The van der Waals surface area contributed by atoms with Gasteiger partial charge in [0.15, 0.2) is 5.78 Å². The maximum atomic E-state index is 11.8. The van der Waals surface area contributed by atoms with Crippen LogP contribution in [0.1, 0.15) is 29.3 Å². The van der Waals surface area contributed by atoms with Crippen LogP contribution < -0.4 is 5.73 Å². The van der Waals surface area contributed by atoms with E-state index < -0.39 is 6.04 Å². The lowest BCUT2D eigenvalue weighted by atomic mass is 10.0. The van der Waals surface area contributed by atoms with E-state index in [2.05, 4.69) is 13.5 Å². The van der Waals surface area contributed by atoms with Crippen LogP contribution in [0.5, 0.6) is 0 Å². The van der Waals surface area contributed by atoms with Crippen molar-refractivity contribution in [1.82, 2.24) is 0 Å². The Bertz CT molecular complexity index is 340. The molecule has 1 rings (SSSR count). The van der Waals surface area contributed by atoms with E-state index in [9.17, 15) is 4.79 Å². The molecule has 0 amide bonds. The number of carbonyl (C=O) groups is 1. The zero-order chi connectivity index (χ0) is 11.3. The minimum absolute atomic E-state index is 0.0162. The summed E-state index contributed by atoms with van der Waals surface area (Å²) in [6.07, 6.45) is 3.17. The Morgan fingerprint density at radius 3 is 2.53 bits per heavy atom. The second-order valence-corrected chi connectivity index (χ2v) is 3.55. The highest BCUT2D eigenvalue weighted by Crippen LogP contribution is 2.08. The van der Waals surface area contributed by atoms with Crippen molar-refractivity contribution in [3.63, 3.8) is 0 Å². The van der Waals surface area contributed by atoms with Gasteiger partial charge in [-0.25, -0.2) is 0 Å². The van der Waals surface area contributed by atoms with Gasteiger partial charge in [-0.05, 0) is 18.4 Å². The first-order valence-corrected chi connectivity index (χ1v) is 5.18. The smallest absolute Gasteiger partial charge is 0.179 e. The minimum Gasteiger partial charge on any atom is -0.321 e. The van der Waals surface area contributed by atoms with Crippen molar-refractivity contribution < 1.29 is 4.79 Å². The molecule has 1 atom stereocenters. The largest absolute Gasteiger partial charge is 0.321 e. The van der Waals surface area contributed by atoms with Crippen LogP contribution in [-0.4, -0.2) is 11.8 Å². The lowest BCUT2D eigenvalue weighted by Gasteiger charge is -2.08. The number of hydrogen-bond donors (Lipinski definition) is 1. The SMILES string of the molecule is C=CCC(N)C(=O)c1ccc(CC)cc1. The van der Waals surface area contributed by atoms with Gasteiger partial charge in [-0.2, -0.15) is 0 Å². The van der Waals surface area contributed by atoms with Crippen LogP contribution in [0.3, 0.4) is 0 Å². The van der Waals surface area contributed by atoms with Gasteiger partial charge in [0.2, 0.25) is 0 Å². The lowest BCUT2D eigenvalue weighted by molar-refractivity contribution is 0.0962. The van der Waals surface area contributed by atoms with E-state index in [0.717, 1.165) is 6.42 Å². The van der Waals surface area contributed by atoms with Crippen LogP contribution in [0, 0.1) is 0 Å². The molecule has 1 unspecified atom stereocenters. The third kappa shape index (κ3) is 3.03. The molecule has 2 N–H and O–H groups in total. The standard InChI is InChI=1S/C13H17NO/c1-3-5-12(14)13(15)11-8-6-10(4-2)7-9-11/h3,6-9,12H,1,4-5,14H2,2H3. The highest BCUT2D eigenvalue weighted by Gasteiger charge is 2.13. The zero-order valence-electron chi connectivity index (χ0n) is 9.07. The van der Waals surface area contributed by atoms with Crippen LogP contribution in [0.25, 0.3) is 0 Å². The maximum Gasteiger partial charge on any atom is 0.179 e. The average molecular weight is 203 g/mol. The van der Waals surface area contributed by atoms with E-state index in [1.807, 2.05) is 24.3 Å². The third-order valence-corrected chi connectivity index (χ3v) is 2.40. The summed E-state index contributed by atoms with van der Waals surface area (Å²) < 4.78 is 0. The predicted octanol–water partition coefficient (Wildman–Crippen LogP) is 2.34. The number of nitrogens with two attached hydrogens (primary N) is 1. The average Bonchev–Trinajstić information content (AvgIpc) is 2.28. The van der Waals surface area contributed by atoms with Crippen molar-refractivity contribution in [2.24, 2.45) is 5.73 Å². The van der Waals surface area contributed by atoms with E-state index in [1.54, 1.807) is 6.08 Å². The molecule has 80 valence electrons. The molecule has 0 saturated carbocycles. The third-order valence-electron chi connectivity index (χ3n) is 2.40. The van der Waals surface area contributed by atoms with Crippen molar-refractivity contribution in [2.45, 2.75) is 25.8 Å². The Labute approximate surface area is 90.8 Å². The number of Topliss-reactive ketones (excluding diaryl/α,β-unsaturated/α-hetero) is 1. The topological polar surface area (TPSA) is 43.1 Å². The summed E-state index contributed by atoms with van der Waals surface area (Å²) in [5, 5.41) is 0. The predicted molar refractivity (Wildman–Crippen MR) is 62.9 cm³/mol. The van der Waals surface area contributed by atoms with Crippen LogP contribution in [0.4, 0.5) is 0 Å². The van der Waals surface area contributed by atoms with Crippen molar-refractivity contribution in [2.75, 3.05) is 0 Å². The maximum absolute atomic E-state index is 11.8. The molecule has 0 bridgehead atoms. The van der Waals surface area contributed by atoms with E-state index >= 15 is 0 Å². The van der Waals surface area contributed by atoms with Gasteiger partial charge >= 0.3 is 0 Å². The molecule has 2 nitrogen and oxygen atoms in total. The number of carbonyl (C=O) groups excluding carboxylic acids is 1. The zero-order valence-corrected chi connectivity index (χ0v) is 9.07. The number of aryl methyl sites for hydroxylation is 1. The second-order valence-electron chi connectivity index (χ2n) is 3.55. The molecule has 1 aromatic carbocycles. The molecule has 0 spiro atoms. The fourth-order valence-corrected chi connectivity index (χ4v) is 1.41. The Morgan fingerprint density at radius 2 is 2.07 bits per heavy atom. The van der Waals surface area contributed by atoms with E-state index in [0.29, 0.717) is 12.0 Å². The molecule has 0 fully saturated rings. The molecule has 0 aliphatic carbocycles. The number of hydrogen-bond acceptors (Lipinski definition) is 2. The van der Waals surface area contributed by atoms with Crippen LogP contribution >= 0.6 is 0 Å². The fraction of sp³-hybridized carbons (Fsp3) is 0.308. The van der Waals surface area contributed by atoms with Gasteiger partial charge in [-0.3, -0.25) is 4.79 Å². The summed E-state index contributed by atoms with van der Waals surface area (Å²) >= 11 is 0. The van der Waals surface area contributed by atoms with Crippen molar-refractivity contribution in [3.05, 3.63) is 48.0 Å². The van der Waals surface area contributed by atoms with Crippen molar-refractivity contribution >= 4 is 5.78 Å². The Balaban J connectivity index is 2.77. The molecule has 0 heterocycles. The second kappa shape index (κ2) is 5.47. The quantitative estimate of drug-likeness (QED) is 0.589. The lowest BCUT2D eigenvalue weighted by Crippen LogP contribution is -2.29. The summed E-state index contributed by atoms with van der Waals surface area (Å²) in [6, 6.07) is 7.14. The molecule has 0 aliphatic heterocycles. The first-order valence-electron chi connectivity index (χ1n) is 5.18. The van der Waals surface area contributed by atoms with Gasteiger partial charge in [-0.1, -0.05) is 37.3 Å². The van der Waals surface area contributed by atoms with Gasteiger partial charge in [0, 0.05) is 5.56 Å². The van der Waals surface area contributed by atoms with Crippen LogP contribution in [-0.2, 0) is 6.42 Å². The van der Waals surface area contributed by atoms with E-state index in [4.69, 9.17) is 5.73 Å². The van der Waals surface area contributed by atoms with Gasteiger partial charge in [-0.15, -0.1) is 6.58 Å². The van der Waals surface area contributed by atoms with Gasteiger partial charge in [0.1, 0.15) is 0 Å². The highest BCUT2D eigenvalue weighted by atomic mass is 16.1. The Hall–Kier alpha value is -1.41. The van der Waals surface area contributed by atoms with E-state index in [1.165, 1.54) is 5.56 Å². The van der Waals surface area contributed by atoms with Crippen LogP contribution in [0.2, 0.25) is 0 Å². The monoisotopic (exact) mass is 203 g/mol. The molecule has 1 aromatic rings. The summed E-state index contributed by atoms with van der Waals surface area (Å²) in [5.74, 6) is -0.0162. The molecular formula is C13H17NO. The normalized spacial score (nSPS) is 12.1. The van der Waals surface area contributed by atoms with Crippen molar-refractivity contribution in [1.29, 1.82) is 0 Å². The summed E-state index contributed by atoms with van der Waals surface area (Å²) in [4.78, 5) is 11.8. The molecule has 2 heteroatoms. The number of ketones is 1. The first-order chi connectivity index (χ1) is 7.19. The molecule has 0 radical (unpaired) electrons. The number of benzene rings is 1. The fourth-order valence-electron chi connectivity index (χ4n) is 1.41. The molecule has 0 aromatic heterocycles. The van der Waals surface area contributed by atoms with E-state index in [-0.39, 0.29) is 5.78 Å². The Kier molecular flexibility index (Phi) is 4.25. The molecule has 15 heavy (non-hydrogen) atoms. The molecular weight excluding hydrogens is 186 g/mol. The Morgan fingerprint density at radius 1 is 1.47 bits per heavy atom. The summed E-state index contributed by atoms with van der Waals surface area (Å²) in [6.45, 7) is 5.66. The summed E-state index contributed by atoms with van der Waals surface area (Å²) in [7, 11) is 0. The minimum atomic E-state index is -0.463. The molecule has 0 aliphatic rings. The van der Waals surface area contributed by atoms with Crippen LogP contribution in [0.15, 0.2) is 36.9 Å². The van der Waals surface area contributed by atoms with Gasteiger partial charge < -0.3 is 5.73 Å². The molecule has 0 saturated heterocycles. The highest BCUT2D eigenvalue weighted by molar-refractivity contribution is 6.00.